The Balaban J connectivity index is 1.64. The maximum Gasteiger partial charge on any atom is 0.240 e. The van der Waals surface area contributed by atoms with E-state index in [-0.39, 0.29) is 18.5 Å². The summed E-state index contributed by atoms with van der Waals surface area (Å²) in [7, 11) is 0. The van der Waals surface area contributed by atoms with Crippen LogP contribution in [0.15, 0.2) is 42.9 Å². The van der Waals surface area contributed by atoms with Crippen molar-refractivity contribution in [1.29, 1.82) is 0 Å². The fraction of sp³-hybridized carbons (Fsp3) is 0.375. The molecule has 0 aliphatic heterocycles. The van der Waals surface area contributed by atoms with Crippen LogP contribution in [0.3, 0.4) is 0 Å². The quantitative estimate of drug-likeness (QED) is 0.842. The first kappa shape index (κ1) is 13.8. The minimum absolute atomic E-state index is 0.0312. The molecule has 1 aromatic carbocycles. The van der Waals surface area contributed by atoms with E-state index in [1.807, 2.05) is 22.8 Å². The highest BCUT2D eigenvalue weighted by molar-refractivity contribution is 5.76. The number of imidazole rings is 1. The normalized spacial score (nSPS) is 15.7. The van der Waals surface area contributed by atoms with Gasteiger partial charge in [-0.15, -0.1) is 0 Å². The maximum absolute atomic E-state index is 11.9. The van der Waals surface area contributed by atoms with E-state index in [4.69, 9.17) is 5.73 Å². The number of carbonyl (C=O) groups excluding carboxylic acids is 1. The Hall–Kier alpha value is -2.14. The molecule has 1 amide bonds. The minimum atomic E-state index is -0.163. The number of amides is 1. The van der Waals surface area contributed by atoms with Crippen molar-refractivity contribution in [1.82, 2.24) is 14.9 Å². The van der Waals surface area contributed by atoms with Crippen molar-refractivity contribution in [3.8, 4) is 0 Å². The van der Waals surface area contributed by atoms with Crippen LogP contribution in [0.25, 0.3) is 0 Å². The van der Waals surface area contributed by atoms with Gasteiger partial charge in [0.2, 0.25) is 5.91 Å². The predicted octanol–water partition coefficient (Wildman–Crippen LogP) is 1.40. The van der Waals surface area contributed by atoms with Crippen molar-refractivity contribution in [2.24, 2.45) is 5.73 Å². The molecule has 1 aromatic heterocycles. The van der Waals surface area contributed by atoms with Gasteiger partial charge in [-0.3, -0.25) is 4.79 Å². The molecule has 5 heteroatoms. The van der Waals surface area contributed by atoms with E-state index in [0.717, 1.165) is 25.0 Å². The molecule has 1 aliphatic rings. The van der Waals surface area contributed by atoms with Gasteiger partial charge in [0.1, 0.15) is 6.54 Å². The standard InChI is InChI=1S/C16H20N4O/c17-14(8-12-4-2-1-3-5-12)15-9-18-11-20(15)10-16(21)19-13-6-7-13/h1-5,9,11,13-14H,6-8,10,17H2,(H,19,21)/t14-/m1/s1. The molecule has 1 fully saturated rings. The highest BCUT2D eigenvalue weighted by Crippen LogP contribution is 2.19. The zero-order chi connectivity index (χ0) is 14.7. The number of nitrogens with two attached hydrogens (primary N) is 1. The van der Waals surface area contributed by atoms with E-state index in [9.17, 15) is 4.79 Å². The Morgan fingerprint density at radius 1 is 1.38 bits per heavy atom. The van der Waals surface area contributed by atoms with Gasteiger partial charge >= 0.3 is 0 Å². The van der Waals surface area contributed by atoms with Gasteiger partial charge in [0.05, 0.1) is 18.1 Å². The van der Waals surface area contributed by atoms with Crippen molar-refractivity contribution in [2.45, 2.75) is 37.9 Å². The third kappa shape index (κ3) is 3.70. The van der Waals surface area contributed by atoms with Crippen LogP contribution in [0, 0.1) is 0 Å². The number of hydrogen-bond donors (Lipinski definition) is 2. The lowest BCUT2D eigenvalue weighted by Crippen LogP contribution is -2.30. The lowest BCUT2D eigenvalue weighted by atomic mass is 10.0. The fourth-order valence-electron chi connectivity index (χ4n) is 2.40. The van der Waals surface area contributed by atoms with Crippen LogP contribution in [0.5, 0.6) is 0 Å². The third-order valence-corrected chi connectivity index (χ3v) is 3.68. The Kier molecular flexibility index (Phi) is 4.01. The SMILES string of the molecule is N[C@H](Cc1ccccc1)c1cncn1CC(=O)NC1CC1. The molecule has 110 valence electrons. The van der Waals surface area contributed by atoms with Crippen molar-refractivity contribution < 1.29 is 4.79 Å². The summed E-state index contributed by atoms with van der Waals surface area (Å²) in [6.07, 6.45) is 6.34. The van der Waals surface area contributed by atoms with Gasteiger partial charge in [0.25, 0.3) is 0 Å². The number of benzene rings is 1. The van der Waals surface area contributed by atoms with Gasteiger partial charge in [-0.1, -0.05) is 30.3 Å². The van der Waals surface area contributed by atoms with Crippen LogP contribution < -0.4 is 11.1 Å². The lowest BCUT2D eigenvalue weighted by Gasteiger charge is -2.14. The monoisotopic (exact) mass is 284 g/mol. The first-order chi connectivity index (χ1) is 10.2. The largest absolute Gasteiger partial charge is 0.352 e. The predicted molar refractivity (Wildman–Crippen MR) is 80.5 cm³/mol. The number of carbonyl (C=O) groups is 1. The molecule has 5 nitrogen and oxygen atoms in total. The van der Waals surface area contributed by atoms with Gasteiger partial charge in [-0.25, -0.2) is 4.98 Å². The van der Waals surface area contributed by atoms with Crippen LogP contribution in [-0.4, -0.2) is 21.5 Å². The van der Waals surface area contributed by atoms with E-state index in [1.54, 1.807) is 12.5 Å². The van der Waals surface area contributed by atoms with E-state index < -0.39 is 0 Å². The third-order valence-electron chi connectivity index (χ3n) is 3.68. The topological polar surface area (TPSA) is 72.9 Å². The molecular formula is C16H20N4O. The molecule has 0 unspecified atom stereocenters. The summed E-state index contributed by atoms with van der Waals surface area (Å²) in [4.78, 5) is 16.0. The molecule has 0 spiro atoms. The number of nitrogens with one attached hydrogen (secondary N) is 1. The van der Waals surface area contributed by atoms with Crippen molar-refractivity contribution >= 4 is 5.91 Å². The van der Waals surface area contributed by atoms with Gasteiger partial charge in [0, 0.05) is 12.2 Å². The van der Waals surface area contributed by atoms with Gasteiger partial charge in [-0.2, -0.15) is 0 Å². The van der Waals surface area contributed by atoms with Crippen LogP contribution in [0.2, 0.25) is 0 Å². The number of aromatic nitrogens is 2. The second kappa shape index (κ2) is 6.10. The average molecular weight is 284 g/mol. The zero-order valence-corrected chi connectivity index (χ0v) is 11.9. The summed E-state index contributed by atoms with van der Waals surface area (Å²) in [5, 5.41) is 2.98. The minimum Gasteiger partial charge on any atom is -0.352 e. The maximum atomic E-state index is 11.9. The second-order valence-electron chi connectivity index (χ2n) is 5.58. The Bertz CT molecular complexity index is 604. The molecule has 0 bridgehead atoms. The number of hydrogen-bond acceptors (Lipinski definition) is 3. The molecule has 1 atom stereocenters. The lowest BCUT2D eigenvalue weighted by molar-refractivity contribution is -0.121. The average Bonchev–Trinajstić information content (AvgIpc) is 3.15. The fourth-order valence-corrected chi connectivity index (χ4v) is 2.40. The molecule has 1 saturated carbocycles. The molecule has 0 saturated heterocycles. The highest BCUT2D eigenvalue weighted by Gasteiger charge is 2.23. The van der Waals surface area contributed by atoms with Crippen molar-refractivity contribution in [3.63, 3.8) is 0 Å². The van der Waals surface area contributed by atoms with Crippen molar-refractivity contribution in [2.75, 3.05) is 0 Å². The molecular weight excluding hydrogens is 264 g/mol. The van der Waals surface area contributed by atoms with E-state index >= 15 is 0 Å². The summed E-state index contributed by atoms with van der Waals surface area (Å²) in [5.74, 6) is 0.0312. The Labute approximate surface area is 124 Å². The molecule has 1 aliphatic carbocycles. The smallest absolute Gasteiger partial charge is 0.240 e. The first-order valence-corrected chi connectivity index (χ1v) is 7.31. The first-order valence-electron chi connectivity index (χ1n) is 7.31. The van der Waals surface area contributed by atoms with Gasteiger partial charge in [-0.05, 0) is 24.8 Å². The van der Waals surface area contributed by atoms with E-state index in [1.165, 1.54) is 5.56 Å². The molecule has 3 rings (SSSR count). The molecule has 1 heterocycles. The number of rotatable bonds is 6. The van der Waals surface area contributed by atoms with Crippen LogP contribution >= 0.6 is 0 Å². The summed E-state index contributed by atoms with van der Waals surface area (Å²) >= 11 is 0. The number of nitrogens with zero attached hydrogens (tertiary/aromatic N) is 2. The Morgan fingerprint density at radius 2 is 2.14 bits per heavy atom. The van der Waals surface area contributed by atoms with Gasteiger partial charge < -0.3 is 15.6 Å². The molecule has 2 aromatic rings. The molecule has 0 radical (unpaired) electrons. The summed E-state index contributed by atoms with van der Waals surface area (Å²) in [6.45, 7) is 0.286. The van der Waals surface area contributed by atoms with Crippen LogP contribution in [-0.2, 0) is 17.8 Å². The summed E-state index contributed by atoms with van der Waals surface area (Å²) in [5.41, 5.74) is 8.34. The summed E-state index contributed by atoms with van der Waals surface area (Å²) < 4.78 is 1.84. The van der Waals surface area contributed by atoms with E-state index in [2.05, 4.69) is 22.4 Å². The summed E-state index contributed by atoms with van der Waals surface area (Å²) in [6, 6.07) is 10.3. The molecule has 21 heavy (non-hydrogen) atoms. The second-order valence-corrected chi connectivity index (χ2v) is 5.58. The van der Waals surface area contributed by atoms with Gasteiger partial charge in [0.15, 0.2) is 0 Å². The zero-order valence-electron chi connectivity index (χ0n) is 11.9. The Morgan fingerprint density at radius 3 is 2.86 bits per heavy atom. The molecule has 3 N–H and O–H groups in total. The van der Waals surface area contributed by atoms with Crippen LogP contribution in [0.1, 0.15) is 30.1 Å². The highest BCUT2D eigenvalue weighted by atomic mass is 16.2. The van der Waals surface area contributed by atoms with E-state index in [0.29, 0.717) is 6.04 Å². The van der Waals surface area contributed by atoms with Crippen molar-refractivity contribution in [3.05, 3.63) is 54.1 Å². The van der Waals surface area contributed by atoms with Crippen LogP contribution in [0.4, 0.5) is 0 Å².